The fraction of sp³-hybridized carbons (Fsp3) is 0.480. The summed E-state index contributed by atoms with van der Waals surface area (Å²) in [5.41, 5.74) is 2.64. The van der Waals surface area contributed by atoms with E-state index in [2.05, 4.69) is 29.3 Å². The lowest BCUT2D eigenvalue weighted by molar-refractivity contribution is 0.0950. The maximum atomic E-state index is 12.7. The lowest BCUT2D eigenvalue weighted by Crippen LogP contribution is -2.32. The highest BCUT2D eigenvalue weighted by Gasteiger charge is 2.22. The molecule has 2 aromatic rings. The molecule has 0 radical (unpaired) electrons. The third-order valence-corrected chi connectivity index (χ3v) is 8.24. The van der Waals surface area contributed by atoms with Gasteiger partial charge < -0.3 is 5.32 Å². The molecule has 1 heterocycles. The van der Waals surface area contributed by atoms with E-state index in [4.69, 9.17) is 0 Å². The summed E-state index contributed by atoms with van der Waals surface area (Å²) in [5.74, 6) is 0.545. The maximum Gasteiger partial charge on any atom is 0.251 e. The molecule has 2 aromatic carbocycles. The zero-order chi connectivity index (χ0) is 23.1. The molecule has 1 N–H and O–H groups in total. The second-order valence-corrected chi connectivity index (χ2v) is 10.5. The number of rotatable bonds is 9. The van der Waals surface area contributed by atoms with Crippen LogP contribution in [0, 0.1) is 5.92 Å². The molecule has 1 amide bonds. The minimum atomic E-state index is -3.60. The average molecular weight is 458 g/mol. The molecule has 6 nitrogen and oxygen atoms in total. The lowest BCUT2D eigenvalue weighted by Gasteiger charge is -2.30. The minimum absolute atomic E-state index is 0.144. The molecule has 7 heteroatoms. The van der Waals surface area contributed by atoms with Gasteiger partial charge in [0.05, 0.1) is 4.90 Å². The number of piperidine rings is 1. The van der Waals surface area contributed by atoms with Crippen molar-refractivity contribution in [1.82, 2.24) is 14.5 Å². The van der Waals surface area contributed by atoms with E-state index in [1.54, 1.807) is 26.0 Å². The first-order chi connectivity index (χ1) is 15.3. The quantitative estimate of drug-likeness (QED) is 0.620. The second-order valence-electron chi connectivity index (χ2n) is 8.58. The predicted molar refractivity (Wildman–Crippen MR) is 128 cm³/mol. The van der Waals surface area contributed by atoms with Gasteiger partial charge in [-0.2, -0.15) is 4.31 Å². The van der Waals surface area contributed by atoms with E-state index in [-0.39, 0.29) is 10.8 Å². The van der Waals surface area contributed by atoms with Gasteiger partial charge in [0.1, 0.15) is 0 Å². The summed E-state index contributed by atoms with van der Waals surface area (Å²) in [6.45, 7) is 10.4. The van der Waals surface area contributed by atoms with Crippen molar-refractivity contribution in [2.45, 2.75) is 51.6 Å². The van der Waals surface area contributed by atoms with Crippen molar-refractivity contribution in [3.8, 4) is 0 Å². The molecule has 0 atom stereocenters. The van der Waals surface area contributed by atoms with Gasteiger partial charge in [-0.05, 0) is 61.2 Å². The normalized spacial score (nSPS) is 15.8. The van der Waals surface area contributed by atoms with Crippen LogP contribution < -0.4 is 5.32 Å². The number of amides is 1. The Balaban J connectivity index is 1.58. The third-order valence-electron chi connectivity index (χ3n) is 6.20. The number of sulfonamides is 1. The predicted octanol–water partition coefficient (Wildman–Crippen LogP) is 3.88. The van der Waals surface area contributed by atoms with Gasteiger partial charge in [-0.3, -0.25) is 9.69 Å². The Morgan fingerprint density at radius 3 is 2.28 bits per heavy atom. The van der Waals surface area contributed by atoms with Gasteiger partial charge in [-0.25, -0.2) is 8.42 Å². The Hall–Kier alpha value is -2.22. The van der Waals surface area contributed by atoms with Crippen LogP contribution in [0.2, 0.25) is 0 Å². The summed E-state index contributed by atoms with van der Waals surface area (Å²) in [6, 6.07) is 14.6. The zero-order valence-electron chi connectivity index (χ0n) is 19.4. The van der Waals surface area contributed by atoms with E-state index < -0.39 is 10.0 Å². The van der Waals surface area contributed by atoms with Crippen LogP contribution in [0.15, 0.2) is 53.4 Å². The number of nitrogens with zero attached hydrogens (tertiary/aromatic N) is 2. The number of benzene rings is 2. The SMILES string of the molecule is CCN(CC)S(=O)(=O)c1cccc(C(=O)NCc2ccc(CN3CCC(C)CC3)cc2)c1. The Labute approximate surface area is 192 Å². The standard InChI is InChI=1S/C25H35N3O3S/c1-4-28(5-2)32(30,31)24-8-6-7-23(17-24)25(29)26-18-21-9-11-22(12-10-21)19-27-15-13-20(3)14-16-27/h6-12,17,20H,4-5,13-16,18-19H2,1-3H3,(H,26,29). The summed E-state index contributed by atoms with van der Waals surface area (Å²) in [4.78, 5) is 15.3. The van der Waals surface area contributed by atoms with E-state index in [0.29, 0.717) is 25.2 Å². The van der Waals surface area contributed by atoms with Gasteiger partial charge in [0, 0.05) is 31.7 Å². The molecule has 0 unspecified atom stereocenters. The molecule has 1 aliphatic rings. The van der Waals surface area contributed by atoms with Crippen LogP contribution in [-0.2, 0) is 23.1 Å². The average Bonchev–Trinajstić information content (AvgIpc) is 2.80. The summed E-state index contributed by atoms with van der Waals surface area (Å²) >= 11 is 0. The van der Waals surface area contributed by atoms with Crippen LogP contribution in [0.5, 0.6) is 0 Å². The molecule has 1 aliphatic heterocycles. The first kappa shape index (κ1) is 24.4. The van der Waals surface area contributed by atoms with Crippen molar-refractivity contribution in [2.24, 2.45) is 5.92 Å². The zero-order valence-corrected chi connectivity index (χ0v) is 20.2. The smallest absolute Gasteiger partial charge is 0.251 e. The Morgan fingerprint density at radius 2 is 1.66 bits per heavy atom. The van der Waals surface area contributed by atoms with E-state index in [1.807, 2.05) is 12.1 Å². The summed E-state index contributed by atoms with van der Waals surface area (Å²) in [5, 5.41) is 2.90. The highest BCUT2D eigenvalue weighted by molar-refractivity contribution is 7.89. The number of hydrogen-bond donors (Lipinski definition) is 1. The van der Waals surface area contributed by atoms with Gasteiger partial charge in [-0.15, -0.1) is 0 Å². The minimum Gasteiger partial charge on any atom is -0.348 e. The van der Waals surface area contributed by atoms with Crippen molar-refractivity contribution in [1.29, 1.82) is 0 Å². The van der Waals surface area contributed by atoms with Crippen LogP contribution in [0.4, 0.5) is 0 Å². The molecule has 0 spiro atoms. The van der Waals surface area contributed by atoms with E-state index in [1.165, 1.54) is 34.8 Å². The fourth-order valence-electron chi connectivity index (χ4n) is 4.04. The van der Waals surface area contributed by atoms with E-state index >= 15 is 0 Å². The van der Waals surface area contributed by atoms with E-state index in [0.717, 1.165) is 31.1 Å². The summed E-state index contributed by atoms with van der Waals surface area (Å²) in [6.07, 6.45) is 2.53. The highest BCUT2D eigenvalue weighted by Crippen LogP contribution is 2.19. The van der Waals surface area contributed by atoms with Crippen molar-refractivity contribution in [2.75, 3.05) is 26.2 Å². The number of likely N-dealkylation sites (tertiary alicyclic amines) is 1. The molecular weight excluding hydrogens is 422 g/mol. The van der Waals surface area contributed by atoms with Gasteiger partial charge in [0.15, 0.2) is 0 Å². The molecule has 0 saturated carbocycles. The van der Waals surface area contributed by atoms with Gasteiger partial charge in [0.25, 0.3) is 5.91 Å². The Bertz CT molecular complexity index is 993. The number of carbonyl (C=O) groups excluding carboxylic acids is 1. The second kappa shape index (κ2) is 11.1. The molecular formula is C25H35N3O3S. The third kappa shape index (κ3) is 6.18. The first-order valence-corrected chi connectivity index (χ1v) is 13.0. The van der Waals surface area contributed by atoms with E-state index in [9.17, 15) is 13.2 Å². The van der Waals surface area contributed by atoms with Crippen LogP contribution in [-0.4, -0.2) is 49.7 Å². The first-order valence-electron chi connectivity index (χ1n) is 11.5. The molecule has 1 fully saturated rings. The molecule has 0 aliphatic carbocycles. The van der Waals surface area contributed by atoms with Crippen LogP contribution >= 0.6 is 0 Å². The van der Waals surface area contributed by atoms with Gasteiger partial charge in [-0.1, -0.05) is 51.1 Å². The monoisotopic (exact) mass is 457 g/mol. The molecule has 32 heavy (non-hydrogen) atoms. The molecule has 1 saturated heterocycles. The van der Waals surface area contributed by atoms with Crippen LogP contribution in [0.25, 0.3) is 0 Å². The lowest BCUT2D eigenvalue weighted by atomic mass is 9.99. The topological polar surface area (TPSA) is 69.7 Å². The van der Waals surface area contributed by atoms with Crippen LogP contribution in [0.1, 0.15) is 55.1 Å². The largest absolute Gasteiger partial charge is 0.348 e. The van der Waals surface area contributed by atoms with Crippen LogP contribution in [0.3, 0.4) is 0 Å². The molecule has 0 bridgehead atoms. The van der Waals surface area contributed by atoms with Crippen molar-refractivity contribution in [3.63, 3.8) is 0 Å². The number of hydrogen-bond acceptors (Lipinski definition) is 4. The number of nitrogens with one attached hydrogen (secondary N) is 1. The van der Waals surface area contributed by atoms with Crippen molar-refractivity contribution in [3.05, 3.63) is 65.2 Å². The van der Waals surface area contributed by atoms with Crippen molar-refractivity contribution < 1.29 is 13.2 Å². The summed E-state index contributed by atoms with van der Waals surface area (Å²) in [7, 11) is -3.60. The molecule has 0 aromatic heterocycles. The fourth-order valence-corrected chi connectivity index (χ4v) is 5.54. The molecule has 3 rings (SSSR count). The summed E-state index contributed by atoms with van der Waals surface area (Å²) < 4.78 is 26.8. The maximum absolute atomic E-state index is 12.7. The van der Waals surface area contributed by atoms with Gasteiger partial charge in [0.2, 0.25) is 10.0 Å². The number of carbonyl (C=O) groups is 1. The Kier molecular flexibility index (Phi) is 8.45. The molecule has 174 valence electrons. The Morgan fingerprint density at radius 1 is 1.03 bits per heavy atom. The highest BCUT2D eigenvalue weighted by atomic mass is 32.2. The van der Waals surface area contributed by atoms with Gasteiger partial charge >= 0.3 is 0 Å². The van der Waals surface area contributed by atoms with Crippen molar-refractivity contribution >= 4 is 15.9 Å².